The van der Waals surface area contributed by atoms with Crippen molar-refractivity contribution >= 4 is 15.8 Å². The highest BCUT2D eigenvalue weighted by molar-refractivity contribution is 7.91. The molecule has 9 heteroatoms. The van der Waals surface area contributed by atoms with E-state index in [1.807, 2.05) is 0 Å². The highest BCUT2D eigenvalue weighted by Gasteiger charge is 2.45. The van der Waals surface area contributed by atoms with Crippen LogP contribution in [0.1, 0.15) is 19.3 Å². The lowest BCUT2D eigenvalue weighted by Crippen LogP contribution is -2.59. The fourth-order valence-corrected chi connectivity index (χ4v) is 4.05. The molecule has 0 radical (unpaired) electrons. The average molecular weight is 290 g/mol. The minimum absolute atomic E-state index is 0.103. The molecular weight excluding hydrogens is 272 g/mol. The fourth-order valence-electron chi connectivity index (χ4n) is 2.20. The Labute approximate surface area is 112 Å². The number of carbonyl (C=O) groups excluding carboxylic acids is 1. The second-order valence-corrected chi connectivity index (χ2v) is 6.69. The number of rotatable bonds is 6. The van der Waals surface area contributed by atoms with Gasteiger partial charge in [0.2, 0.25) is 0 Å². The van der Waals surface area contributed by atoms with Crippen molar-refractivity contribution in [1.29, 1.82) is 0 Å². The molecule has 19 heavy (non-hydrogen) atoms. The van der Waals surface area contributed by atoms with Gasteiger partial charge in [-0.25, -0.2) is 8.42 Å². The first-order valence-electron chi connectivity index (χ1n) is 6.00. The predicted molar refractivity (Wildman–Crippen MR) is 69.3 cm³/mol. The Bertz CT molecular complexity index is 472. The smallest absolute Gasteiger partial charge is 0.327 e. The molecule has 0 saturated carbocycles. The normalized spacial score (nSPS) is 25.3. The Morgan fingerprint density at radius 3 is 2.89 bits per heavy atom. The highest BCUT2D eigenvalue weighted by atomic mass is 32.2. The minimum Gasteiger partial charge on any atom is -0.468 e. The van der Waals surface area contributed by atoms with Crippen LogP contribution in [0.15, 0.2) is 5.11 Å². The quantitative estimate of drug-likeness (QED) is 0.249. The maximum Gasteiger partial charge on any atom is 0.327 e. The molecule has 1 aliphatic rings. The summed E-state index contributed by atoms with van der Waals surface area (Å²) in [5.41, 5.74) is 6.98. The van der Waals surface area contributed by atoms with Crippen LogP contribution in [0.2, 0.25) is 0 Å². The molecule has 1 aliphatic heterocycles. The van der Waals surface area contributed by atoms with Crippen molar-refractivity contribution in [3.8, 4) is 0 Å². The largest absolute Gasteiger partial charge is 0.468 e. The lowest BCUT2D eigenvalue weighted by Gasteiger charge is -2.35. The summed E-state index contributed by atoms with van der Waals surface area (Å²) in [7, 11) is -2.00. The number of methoxy groups -OCH3 is 1. The van der Waals surface area contributed by atoms with E-state index < -0.39 is 21.3 Å². The minimum atomic E-state index is -3.24. The van der Waals surface area contributed by atoms with Gasteiger partial charge in [-0.2, -0.15) is 0 Å². The molecule has 0 spiro atoms. The Balaban J connectivity index is 2.71. The topological polar surface area (TPSA) is 121 Å². The Morgan fingerprint density at radius 1 is 1.58 bits per heavy atom. The molecule has 8 nitrogen and oxygen atoms in total. The number of ether oxygens (including phenoxy) is 1. The maximum atomic E-state index is 11.9. The van der Waals surface area contributed by atoms with Crippen LogP contribution >= 0.6 is 0 Å². The van der Waals surface area contributed by atoms with Gasteiger partial charge in [-0.15, -0.1) is 0 Å². The number of hydrogen-bond acceptors (Lipinski definition) is 6. The van der Waals surface area contributed by atoms with Gasteiger partial charge in [0.15, 0.2) is 9.84 Å². The summed E-state index contributed by atoms with van der Waals surface area (Å²) in [6.07, 6.45) is 1.39. The number of carbonyl (C=O) groups is 1. The molecule has 0 amide bonds. The summed E-state index contributed by atoms with van der Waals surface area (Å²) in [4.78, 5) is 14.5. The van der Waals surface area contributed by atoms with Crippen LogP contribution in [0.4, 0.5) is 0 Å². The summed E-state index contributed by atoms with van der Waals surface area (Å²) in [6.45, 7) is 0.692. The van der Waals surface area contributed by atoms with E-state index in [1.165, 1.54) is 7.11 Å². The van der Waals surface area contributed by atoms with Crippen LogP contribution in [-0.2, 0) is 19.4 Å². The molecule has 1 fully saturated rings. The van der Waals surface area contributed by atoms with E-state index in [1.54, 1.807) is 0 Å². The molecule has 1 unspecified atom stereocenters. The summed E-state index contributed by atoms with van der Waals surface area (Å²) in [6, 6.07) is 0. The van der Waals surface area contributed by atoms with E-state index in [-0.39, 0.29) is 11.5 Å². The fraction of sp³-hybridized carbons (Fsp3) is 0.900. The van der Waals surface area contributed by atoms with Gasteiger partial charge >= 0.3 is 5.97 Å². The molecule has 0 bridgehead atoms. The zero-order valence-corrected chi connectivity index (χ0v) is 11.6. The van der Waals surface area contributed by atoms with Crippen LogP contribution in [0.3, 0.4) is 0 Å². The van der Waals surface area contributed by atoms with E-state index in [2.05, 4.69) is 15.3 Å². The van der Waals surface area contributed by atoms with Gasteiger partial charge in [0.05, 0.1) is 18.6 Å². The molecule has 0 aromatic carbocycles. The molecule has 1 heterocycles. The monoisotopic (exact) mass is 290 g/mol. The van der Waals surface area contributed by atoms with Crippen molar-refractivity contribution in [2.24, 2.45) is 5.11 Å². The third-order valence-corrected chi connectivity index (χ3v) is 4.91. The van der Waals surface area contributed by atoms with E-state index in [4.69, 9.17) is 10.3 Å². The first-order chi connectivity index (χ1) is 8.96. The molecular formula is C10H18N4O4S. The van der Waals surface area contributed by atoms with Gasteiger partial charge in [0.25, 0.3) is 0 Å². The molecule has 0 aliphatic carbocycles. The molecule has 1 atom stereocenters. The second-order valence-electron chi connectivity index (χ2n) is 4.50. The van der Waals surface area contributed by atoms with E-state index in [0.29, 0.717) is 32.4 Å². The predicted octanol–water partition coefficient (Wildman–Crippen LogP) is 0.397. The van der Waals surface area contributed by atoms with Crippen molar-refractivity contribution in [2.75, 3.05) is 31.7 Å². The standard InChI is InChI=1S/C10H18N4O4S/c1-18-9(15)10(12-5-3-6-13-14-11)4-2-7-19(16,17)8-10/h12H,2-8H2,1H3. The van der Waals surface area contributed by atoms with Crippen LogP contribution in [0, 0.1) is 0 Å². The zero-order valence-electron chi connectivity index (χ0n) is 10.8. The summed E-state index contributed by atoms with van der Waals surface area (Å²) in [5.74, 6) is -0.695. The van der Waals surface area contributed by atoms with Crippen LogP contribution in [0.25, 0.3) is 10.4 Å². The highest BCUT2D eigenvalue weighted by Crippen LogP contribution is 2.24. The van der Waals surface area contributed by atoms with Crippen molar-refractivity contribution in [3.63, 3.8) is 0 Å². The first kappa shape index (κ1) is 15.7. The molecule has 0 aromatic rings. The molecule has 1 rings (SSSR count). The van der Waals surface area contributed by atoms with Gasteiger partial charge in [-0.3, -0.25) is 4.79 Å². The molecule has 0 aromatic heterocycles. The van der Waals surface area contributed by atoms with Gasteiger partial charge in [0, 0.05) is 11.5 Å². The third kappa shape index (κ3) is 4.38. The van der Waals surface area contributed by atoms with Crippen molar-refractivity contribution in [2.45, 2.75) is 24.8 Å². The van der Waals surface area contributed by atoms with E-state index >= 15 is 0 Å². The van der Waals surface area contributed by atoms with Crippen LogP contribution < -0.4 is 5.32 Å². The number of azide groups is 1. The summed E-state index contributed by atoms with van der Waals surface area (Å²) >= 11 is 0. The Morgan fingerprint density at radius 2 is 2.32 bits per heavy atom. The molecule has 108 valence electrons. The lowest BCUT2D eigenvalue weighted by atomic mass is 9.95. The molecule has 1 saturated heterocycles. The first-order valence-corrected chi connectivity index (χ1v) is 7.83. The van der Waals surface area contributed by atoms with Gasteiger partial charge < -0.3 is 10.1 Å². The van der Waals surface area contributed by atoms with Crippen LogP contribution in [-0.4, -0.2) is 51.6 Å². The van der Waals surface area contributed by atoms with Crippen molar-refractivity contribution in [3.05, 3.63) is 10.4 Å². The number of hydrogen-bond donors (Lipinski definition) is 1. The average Bonchev–Trinajstić information content (AvgIpc) is 2.36. The van der Waals surface area contributed by atoms with Gasteiger partial charge in [0.1, 0.15) is 5.54 Å². The van der Waals surface area contributed by atoms with E-state index in [0.717, 1.165) is 0 Å². The second kappa shape index (κ2) is 6.74. The van der Waals surface area contributed by atoms with Crippen LogP contribution in [0.5, 0.6) is 0 Å². The molecule has 1 N–H and O–H groups in total. The third-order valence-electron chi connectivity index (χ3n) is 3.06. The maximum absolute atomic E-state index is 11.9. The van der Waals surface area contributed by atoms with E-state index in [9.17, 15) is 13.2 Å². The Hall–Kier alpha value is -1.31. The van der Waals surface area contributed by atoms with Gasteiger partial charge in [-0.1, -0.05) is 5.11 Å². The summed E-state index contributed by atoms with van der Waals surface area (Å²) in [5, 5.41) is 6.34. The van der Waals surface area contributed by atoms with Gasteiger partial charge in [-0.05, 0) is 31.3 Å². The number of sulfone groups is 1. The van der Waals surface area contributed by atoms with Crippen molar-refractivity contribution in [1.82, 2.24) is 5.32 Å². The number of nitrogens with one attached hydrogen (secondary N) is 1. The number of esters is 1. The number of nitrogens with zero attached hydrogens (tertiary/aromatic N) is 3. The zero-order chi connectivity index (χ0) is 14.4. The van der Waals surface area contributed by atoms with Crippen molar-refractivity contribution < 1.29 is 17.9 Å². The Kier molecular flexibility index (Phi) is 5.59. The summed E-state index contributed by atoms with van der Waals surface area (Å²) < 4.78 is 28.1. The SMILES string of the molecule is COC(=O)C1(NCCCN=[N+]=[N-])CCCS(=O)(=O)C1. The lowest BCUT2D eigenvalue weighted by molar-refractivity contribution is -0.148.